The molecule has 0 bridgehead atoms. The van der Waals surface area contributed by atoms with Crippen LogP contribution in [0, 0.1) is 0 Å². The fourth-order valence-corrected chi connectivity index (χ4v) is 4.13. The SMILES string of the molecule is CNCCN1CCC(c2cccc(N=C(C=O)/C=C(\N)C(F)(F)F)c2)CC1.CNCc1ccccc1OC. The molecule has 1 fully saturated rings. The average molecular weight is 534 g/mol. The van der Waals surface area contributed by atoms with Gasteiger partial charge in [0.05, 0.1) is 12.8 Å². The minimum absolute atomic E-state index is 0.269. The van der Waals surface area contributed by atoms with Crippen LogP contribution in [0.3, 0.4) is 0 Å². The maximum atomic E-state index is 12.5. The van der Waals surface area contributed by atoms with E-state index in [0.29, 0.717) is 17.7 Å². The molecular weight excluding hydrogens is 495 g/mol. The third-order valence-electron chi connectivity index (χ3n) is 6.18. The summed E-state index contributed by atoms with van der Waals surface area (Å²) in [5.41, 5.74) is 5.98. The highest BCUT2D eigenvalue weighted by atomic mass is 19.4. The van der Waals surface area contributed by atoms with E-state index in [1.807, 2.05) is 44.4 Å². The van der Waals surface area contributed by atoms with Crippen LogP contribution < -0.4 is 21.1 Å². The van der Waals surface area contributed by atoms with Gasteiger partial charge in [0.2, 0.25) is 0 Å². The molecule has 208 valence electrons. The van der Waals surface area contributed by atoms with E-state index in [9.17, 15) is 18.0 Å². The Kier molecular flexibility index (Phi) is 13.0. The van der Waals surface area contributed by atoms with E-state index >= 15 is 0 Å². The van der Waals surface area contributed by atoms with Crippen LogP contribution in [0.25, 0.3) is 0 Å². The van der Waals surface area contributed by atoms with Crippen LogP contribution >= 0.6 is 0 Å². The van der Waals surface area contributed by atoms with Gasteiger partial charge in [-0.1, -0.05) is 30.3 Å². The number of alkyl halides is 3. The molecule has 0 aliphatic carbocycles. The summed E-state index contributed by atoms with van der Waals surface area (Å²) in [5.74, 6) is 1.32. The van der Waals surface area contributed by atoms with E-state index < -0.39 is 11.9 Å². The molecule has 2 aromatic carbocycles. The van der Waals surface area contributed by atoms with Crippen LogP contribution in [-0.4, -0.2) is 70.5 Å². The largest absolute Gasteiger partial charge is 0.496 e. The first-order valence-electron chi connectivity index (χ1n) is 12.5. The van der Waals surface area contributed by atoms with Crippen molar-refractivity contribution in [3.63, 3.8) is 0 Å². The van der Waals surface area contributed by atoms with E-state index in [-0.39, 0.29) is 12.0 Å². The number of hydrogen-bond acceptors (Lipinski definition) is 7. The maximum absolute atomic E-state index is 12.5. The molecule has 7 nitrogen and oxygen atoms in total. The van der Waals surface area contributed by atoms with Crippen LogP contribution in [0.2, 0.25) is 0 Å². The van der Waals surface area contributed by atoms with Gasteiger partial charge in [0.1, 0.15) is 17.2 Å². The van der Waals surface area contributed by atoms with Crippen molar-refractivity contribution in [3.8, 4) is 5.75 Å². The summed E-state index contributed by atoms with van der Waals surface area (Å²) in [6.07, 6.45) is -1.84. The molecule has 10 heteroatoms. The molecule has 2 aromatic rings. The molecule has 0 saturated carbocycles. The molecule has 0 atom stereocenters. The first-order chi connectivity index (χ1) is 18.2. The zero-order chi connectivity index (χ0) is 28.0. The summed E-state index contributed by atoms with van der Waals surface area (Å²) in [5, 5.41) is 6.22. The zero-order valence-corrected chi connectivity index (χ0v) is 22.2. The number of aliphatic imine (C=N–C) groups is 1. The van der Waals surface area contributed by atoms with Gasteiger partial charge < -0.3 is 26.0 Å². The number of para-hydroxylation sites is 1. The number of rotatable bonds is 10. The number of nitrogens with two attached hydrogens (primary N) is 1. The van der Waals surface area contributed by atoms with Gasteiger partial charge in [-0.05, 0) is 75.8 Å². The Morgan fingerprint density at radius 3 is 2.45 bits per heavy atom. The number of ether oxygens (including phenoxy) is 1. The second kappa shape index (κ2) is 15.9. The smallest absolute Gasteiger partial charge is 0.430 e. The number of nitrogens with one attached hydrogen (secondary N) is 2. The summed E-state index contributed by atoms with van der Waals surface area (Å²) in [6.45, 7) is 4.83. The van der Waals surface area contributed by atoms with Gasteiger partial charge >= 0.3 is 6.18 Å². The lowest BCUT2D eigenvalue weighted by Gasteiger charge is -2.32. The van der Waals surface area contributed by atoms with Crippen molar-refractivity contribution in [2.75, 3.05) is 47.4 Å². The highest BCUT2D eigenvalue weighted by molar-refractivity contribution is 6.34. The molecule has 1 saturated heterocycles. The van der Waals surface area contributed by atoms with Crippen molar-refractivity contribution in [1.82, 2.24) is 15.5 Å². The van der Waals surface area contributed by atoms with Crippen LogP contribution in [-0.2, 0) is 11.3 Å². The van der Waals surface area contributed by atoms with Crippen molar-refractivity contribution < 1.29 is 22.7 Å². The highest BCUT2D eigenvalue weighted by Gasteiger charge is 2.31. The average Bonchev–Trinajstić information content (AvgIpc) is 2.92. The zero-order valence-electron chi connectivity index (χ0n) is 22.2. The van der Waals surface area contributed by atoms with Crippen molar-refractivity contribution >= 4 is 17.7 Å². The number of carbonyl (C=O) groups is 1. The molecule has 1 heterocycles. The predicted octanol–water partition coefficient (Wildman–Crippen LogP) is 4.18. The normalized spacial score (nSPS) is 15.5. The summed E-state index contributed by atoms with van der Waals surface area (Å²) in [7, 11) is 5.55. The second-order valence-corrected chi connectivity index (χ2v) is 8.91. The summed E-state index contributed by atoms with van der Waals surface area (Å²) in [4.78, 5) is 17.5. The van der Waals surface area contributed by atoms with Crippen LogP contribution in [0.5, 0.6) is 5.75 Å². The quantitative estimate of drug-likeness (QED) is 0.314. The Hall–Kier alpha value is -3.21. The fourth-order valence-electron chi connectivity index (χ4n) is 4.13. The lowest BCUT2D eigenvalue weighted by atomic mass is 9.89. The molecular formula is C28H38F3N5O2. The van der Waals surface area contributed by atoms with Gasteiger partial charge in [0.15, 0.2) is 6.29 Å². The molecule has 1 aliphatic rings. The molecule has 4 N–H and O–H groups in total. The van der Waals surface area contributed by atoms with Crippen LogP contribution in [0.1, 0.15) is 29.9 Å². The third-order valence-corrected chi connectivity index (χ3v) is 6.18. The maximum Gasteiger partial charge on any atom is 0.430 e. The molecule has 0 radical (unpaired) electrons. The van der Waals surface area contributed by atoms with E-state index in [4.69, 9.17) is 10.5 Å². The first kappa shape index (κ1) is 31.0. The molecule has 0 amide bonds. The number of aldehydes is 1. The van der Waals surface area contributed by atoms with Crippen molar-refractivity contribution in [3.05, 3.63) is 71.4 Å². The lowest BCUT2D eigenvalue weighted by molar-refractivity contribution is -0.102. The minimum Gasteiger partial charge on any atom is -0.496 e. The Bertz CT molecular complexity index is 1060. The molecule has 3 rings (SSSR count). The van der Waals surface area contributed by atoms with E-state index in [2.05, 4.69) is 26.6 Å². The molecule has 1 aliphatic heterocycles. The van der Waals surface area contributed by atoms with Crippen LogP contribution in [0.15, 0.2) is 65.3 Å². The second-order valence-electron chi connectivity index (χ2n) is 8.91. The number of allylic oxidation sites excluding steroid dienone is 2. The monoisotopic (exact) mass is 533 g/mol. The van der Waals surface area contributed by atoms with Gasteiger partial charge in [-0.15, -0.1) is 0 Å². The lowest BCUT2D eigenvalue weighted by Crippen LogP contribution is -2.37. The standard InChI is InChI=1S/C19H25F3N4O.C9H13NO/c1-24-7-10-26-8-5-14(6-9-26)15-3-2-4-16(11-15)25-17(13-27)12-18(23)19(20,21)22;1-10-7-8-5-3-4-6-9(8)11-2/h2-4,11-14,24H,5-10,23H2,1H3;3-6,10H,7H2,1-2H3/b18-12-,25-17?;. The number of methoxy groups -OCH3 is 1. The first-order valence-corrected chi connectivity index (χ1v) is 12.5. The number of piperidine rings is 1. The summed E-state index contributed by atoms with van der Waals surface area (Å²) in [6, 6.07) is 15.3. The van der Waals surface area contributed by atoms with Gasteiger partial charge in [0, 0.05) is 25.2 Å². The number of nitrogens with zero attached hydrogens (tertiary/aromatic N) is 2. The summed E-state index contributed by atoms with van der Waals surface area (Å²) >= 11 is 0. The van der Waals surface area contributed by atoms with Crippen molar-refractivity contribution in [2.45, 2.75) is 31.5 Å². The van der Waals surface area contributed by atoms with Gasteiger partial charge in [-0.25, -0.2) is 4.99 Å². The van der Waals surface area contributed by atoms with Gasteiger partial charge in [0.25, 0.3) is 0 Å². The number of likely N-dealkylation sites (N-methyl/N-ethyl adjacent to an activating group) is 1. The Labute approximate surface area is 223 Å². The van der Waals surface area contributed by atoms with Crippen molar-refractivity contribution in [2.24, 2.45) is 10.7 Å². The highest BCUT2D eigenvalue weighted by Crippen LogP contribution is 2.30. The summed E-state index contributed by atoms with van der Waals surface area (Å²) < 4.78 is 42.7. The number of hydrogen-bond donors (Lipinski definition) is 3. The Morgan fingerprint density at radius 2 is 1.84 bits per heavy atom. The van der Waals surface area contributed by atoms with Crippen molar-refractivity contribution in [1.29, 1.82) is 0 Å². The van der Waals surface area contributed by atoms with Crippen LogP contribution in [0.4, 0.5) is 18.9 Å². The molecule has 0 spiro atoms. The third kappa shape index (κ3) is 10.3. The molecule has 0 unspecified atom stereocenters. The van der Waals surface area contributed by atoms with E-state index in [1.54, 1.807) is 19.2 Å². The fraction of sp³-hybridized carbons (Fsp3) is 0.429. The van der Waals surface area contributed by atoms with Gasteiger partial charge in [-0.2, -0.15) is 13.2 Å². The topological polar surface area (TPSA) is 92.0 Å². The number of carbonyl (C=O) groups excluding carboxylic acids is 1. The Balaban J connectivity index is 0.000000384. The molecule has 0 aromatic heterocycles. The molecule has 38 heavy (non-hydrogen) atoms. The van der Waals surface area contributed by atoms with Gasteiger partial charge in [-0.3, -0.25) is 4.79 Å². The van der Waals surface area contributed by atoms with E-state index in [1.165, 1.54) is 5.56 Å². The number of likely N-dealkylation sites (tertiary alicyclic amines) is 1. The number of benzene rings is 2. The number of halogens is 3. The van der Waals surface area contributed by atoms with E-state index in [0.717, 1.165) is 56.9 Å². The minimum atomic E-state index is -4.69. The Morgan fingerprint density at radius 1 is 1.13 bits per heavy atom. The predicted molar refractivity (Wildman–Crippen MR) is 146 cm³/mol.